The molecule has 2 aromatic carbocycles. The molecule has 0 radical (unpaired) electrons. The lowest BCUT2D eigenvalue weighted by atomic mass is 10.0. The van der Waals surface area contributed by atoms with Gasteiger partial charge in [-0.1, -0.05) is 37.3 Å². The molecule has 0 fully saturated rings. The van der Waals surface area contributed by atoms with Crippen molar-refractivity contribution < 1.29 is 9.53 Å². The number of rotatable bonds is 6. The molecule has 3 heteroatoms. The molecule has 0 bridgehead atoms. The first-order valence-corrected chi connectivity index (χ1v) is 6.80. The maximum atomic E-state index is 12.3. The van der Waals surface area contributed by atoms with Crippen LogP contribution in [0.4, 0.5) is 5.69 Å². The molecule has 0 aromatic heterocycles. The fourth-order valence-corrected chi connectivity index (χ4v) is 1.96. The number of hydrogen-bond donors (Lipinski definition) is 1. The quantitative estimate of drug-likeness (QED) is 0.645. The molecular weight excluding hydrogens is 250 g/mol. The van der Waals surface area contributed by atoms with Crippen LogP contribution in [0.3, 0.4) is 0 Å². The molecule has 0 aliphatic carbocycles. The summed E-state index contributed by atoms with van der Waals surface area (Å²) in [5.74, 6) is 0.702. The van der Waals surface area contributed by atoms with Crippen LogP contribution in [0.2, 0.25) is 0 Å². The number of benzene rings is 2. The topological polar surface area (TPSA) is 52.3 Å². The van der Waals surface area contributed by atoms with Crippen LogP contribution in [0, 0.1) is 0 Å². The van der Waals surface area contributed by atoms with E-state index in [1.807, 2.05) is 37.3 Å². The summed E-state index contributed by atoms with van der Waals surface area (Å²) >= 11 is 0. The van der Waals surface area contributed by atoms with Crippen molar-refractivity contribution in [3.05, 3.63) is 59.7 Å². The Morgan fingerprint density at radius 1 is 1.15 bits per heavy atom. The van der Waals surface area contributed by atoms with E-state index < -0.39 is 0 Å². The largest absolute Gasteiger partial charge is 0.494 e. The van der Waals surface area contributed by atoms with Crippen LogP contribution in [-0.2, 0) is 6.42 Å². The second-order valence-electron chi connectivity index (χ2n) is 4.68. The van der Waals surface area contributed by atoms with Gasteiger partial charge in [-0.15, -0.1) is 0 Å². The number of nitrogen functional groups attached to an aromatic ring is 1. The van der Waals surface area contributed by atoms with E-state index in [1.54, 1.807) is 18.2 Å². The highest BCUT2D eigenvalue weighted by Gasteiger charge is 2.12. The Hall–Kier alpha value is -2.29. The highest BCUT2D eigenvalue weighted by molar-refractivity contribution is 6.02. The predicted molar refractivity (Wildman–Crippen MR) is 81.1 cm³/mol. The first kappa shape index (κ1) is 14.1. The zero-order valence-electron chi connectivity index (χ0n) is 11.6. The van der Waals surface area contributed by atoms with Crippen LogP contribution in [0.25, 0.3) is 0 Å². The number of Topliss-reactive ketones (excluding diaryl/α,β-unsaturated/α-hetero) is 1. The average molecular weight is 269 g/mol. The molecule has 0 saturated heterocycles. The molecule has 0 aliphatic rings. The van der Waals surface area contributed by atoms with Crippen molar-refractivity contribution in [2.75, 3.05) is 12.3 Å². The number of nitrogens with two attached hydrogens (primary N) is 1. The minimum atomic E-state index is 0.00986. The molecule has 0 atom stereocenters. The van der Waals surface area contributed by atoms with Gasteiger partial charge in [0, 0.05) is 17.7 Å². The number of hydrogen-bond acceptors (Lipinski definition) is 3. The minimum Gasteiger partial charge on any atom is -0.494 e. The second-order valence-corrected chi connectivity index (χ2v) is 4.68. The van der Waals surface area contributed by atoms with Gasteiger partial charge in [0.05, 0.1) is 6.61 Å². The van der Waals surface area contributed by atoms with E-state index in [4.69, 9.17) is 10.5 Å². The van der Waals surface area contributed by atoms with Gasteiger partial charge in [-0.25, -0.2) is 0 Å². The SMILES string of the molecule is CCCOc1ccc(N)c(C(=O)Cc2ccccc2)c1. The van der Waals surface area contributed by atoms with E-state index in [9.17, 15) is 4.79 Å². The smallest absolute Gasteiger partial charge is 0.169 e. The summed E-state index contributed by atoms with van der Waals surface area (Å²) in [4.78, 5) is 12.3. The average Bonchev–Trinajstić information content (AvgIpc) is 2.47. The van der Waals surface area contributed by atoms with Crippen molar-refractivity contribution in [1.82, 2.24) is 0 Å². The van der Waals surface area contributed by atoms with Crippen molar-refractivity contribution in [3.63, 3.8) is 0 Å². The molecule has 0 aliphatic heterocycles. The summed E-state index contributed by atoms with van der Waals surface area (Å²) in [5.41, 5.74) is 7.90. The van der Waals surface area contributed by atoms with Crippen LogP contribution >= 0.6 is 0 Å². The predicted octanol–water partition coefficient (Wildman–Crippen LogP) is 3.48. The van der Waals surface area contributed by atoms with Crippen molar-refractivity contribution in [2.45, 2.75) is 19.8 Å². The Balaban J connectivity index is 2.16. The van der Waals surface area contributed by atoms with Gasteiger partial charge in [0.15, 0.2) is 5.78 Å². The summed E-state index contributed by atoms with van der Waals surface area (Å²) in [6.07, 6.45) is 1.28. The Morgan fingerprint density at radius 2 is 1.90 bits per heavy atom. The molecule has 0 spiro atoms. The van der Waals surface area contributed by atoms with Gasteiger partial charge in [-0.05, 0) is 30.2 Å². The number of ether oxygens (including phenoxy) is 1. The van der Waals surface area contributed by atoms with Gasteiger partial charge in [-0.3, -0.25) is 4.79 Å². The third-order valence-corrected chi connectivity index (χ3v) is 3.01. The molecule has 0 amide bonds. The van der Waals surface area contributed by atoms with Crippen molar-refractivity contribution in [2.24, 2.45) is 0 Å². The number of carbonyl (C=O) groups excluding carboxylic acids is 1. The molecule has 104 valence electrons. The number of anilines is 1. The molecule has 3 nitrogen and oxygen atoms in total. The van der Waals surface area contributed by atoms with Crippen LogP contribution in [0.1, 0.15) is 29.3 Å². The molecule has 0 unspecified atom stereocenters. The Kier molecular flexibility index (Phi) is 4.77. The van der Waals surface area contributed by atoms with E-state index in [0.717, 1.165) is 12.0 Å². The maximum Gasteiger partial charge on any atom is 0.169 e. The zero-order chi connectivity index (χ0) is 14.4. The van der Waals surface area contributed by atoms with Crippen molar-refractivity contribution in [1.29, 1.82) is 0 Å². The lowest BCUT2D eigenvalue weighted by Crippen LogP contribution is -2.08. The Labute approximate surface area is 119 Å². The summed E-state index contributed by atoms with van der Waals surface area (Å²) in [6.45, 7) is 2.68. The molecule has 0 saturated carbocycles. The Bertz CT molecular complexity index is 579. The first-order valence-electron chi connectivity index (χ1n) is 6.80. The lowest BCUT2D eigenvalue weighted by molar-refractivity contribution is 0.0993. The normalized spacial score (nSPS) is 10.2. The van der Waals surface area contributed by atoms with E-state index in [2.05, 4.69) is 0 Å². The Morgan fingerprint density at radius 3 is 2.60 bits per heavy atom. The van der Waals surface area contributed by atoms with Crippen LogP contribution < -0.4 is 10.5 Å². The van der Waals surface area contributed by atoms with Gasteiger partial charge in [-0.2, -0.15) is 0 Å². The third-order valence-electron chi connectivity index (χ3n) is 3.01. The zero-order valence-corrected chi connectivity index (χ0v) is 11.6. The molecule has 2 aromatic rings. The summed E-state index contributed by atoms with van der Waals surface area (Å²) in [7, 11) is 0. The van der Waals surface area contributed by atoms with E-state index in [1.165, 1.54) is 0 Å². The highest BCUT2D eigenvalue weighted by Crippen LogP contribution is 2.21. The van der Waals surface area contributed by atoms with Gasteiger partial charge < -0.3 is 10.5 Å². The molecule has 20 heavy (non-hydrogen) atoms. The van der Waals surface area contributed by atoms with Crippen LogP contribution in [0.15, 0.2) is 48.5 Å². The van der Waals surface area contributed by atoms with Crippen LogP contribution in [0.5, 0.6) is 5.75 Å². The molecule has 2 N–H and O–H groups in total. The van der Waals surface area contributed by atoms with E-state index in [-0.39, 0.29) is 5.78 Å². The van der Waals surface area contributed by atoms with Crippen LogP contribution in [-0.4, -0.2) is 12.4 Å². The highest BCUT2D eigenvalue weighted by atomic mass is 16.5. The minimum absolute atomic E-state index is 0.00986. The summed E-state index contributed by atoms with van der Waals surface area (Å²) < 4.78 is 5.54. The van der Waals surface area contributed by atoms with E-state index in [0.29, 0.717) is 30.0 Å². The van der Waals surface area contributed by atoms with Gasteiger partial charge >= 0.3 is 0 Å². The van der Waals surface area contributed by atoms with Gasteiger partial charge in [0.1, 0.15) is 5.75 Å². The second kappa shape index (κ2) is 6.75. The fraction of sp³-hybridized carbons (Fsp3) is 0.235. The standard InChI is InChI=1S/C17H19NO2/c1-2-10-20-14-8-9-16(18)15(12-14)17(19)11-13-6-4-3-5-7-13/h3-9,12H,2,10-11,18H2,1H3. The lowest BCUT2D eigenvalue weighted by Gasteiger charge is -2.09. The number of carbonyl (C=O) groups is 1. The summed E-state index contributed by atoms with van der Waals surface area (Å²) in [5, 5.41) is 0. The fourth-order valence-electron chi connectivity index (χ4n) is 1.96. The third kappa shape index (κ3) is 3.60. The van der Waals surface area contributed by atoms with Gasteiger partial charge in [0.2, 0.25) is 0 Å². The van der Waals surface area contributed by atoms with Crippen molar-refractivity contribution >= 4 is 11.5 Å². The molecule has 2 rings (SSSR count). The number of ketones is 1. The first-order chi connectivity index (χ1) is 9.70. The van der Waals surface area contributed by atoms with E-state index >= 15 is 0 Å². The van der Waals surface area contributed by atoms with Crippen molar-refractivity contribution in [3.8, 4) is 5.75 Å². The summed E-state index contributed by atoms with van der Waals surface area (Å²) in [6, 6.07) is 14.9. The van der Waals surface area contributed by atoms with Gasteiger partial charge in [0.25, 0.3) is 0 Å². The molecule has 0 heterocycles. The monoisotopic (exact) mass is 269 g/mol. The molecular formula is C17H19NO2. The maximum absolute atomic E-state index is 12.3.